The van der Waals surface area contributed by atoms with E-state index in [-0.39, 0.29) is 37.3 Å². The zero-order valence-electron chi connectivity index (χ0n) is 30.9. The van der Waals surface area contributed by atoms with Gasteiger partial charge in [0, 0.05) is 97.4 Å². The Kier molecular flexibility index (Phi) is 7.87. The van der Waals surface area contributed by atoms with E-state index in [1.165, 1.54) is 14.0 Å². The number of rotatable bonds is 5. The first kappa shape index (κ1) is 34.7. The maximum Gasteiger partial charge on any atom is 0.322 e. The Balaban J connectivity index is 1.30. The van der Waals surface area contributed by atoms with Crippen molar-refractivity contribution in [3.05, 3.63) is 70.9 Å². The predicted molar refractivity (Wildman–Crippen MR) is 194 cm³/mol. The summed E-state index contributed by atoms with van der Waals surface area (Å²) in [6, 6.07) is 11.5. The molecule has 5 unspecified atom stereocenters. The van der Waals surface area contributed by atoms with Gasteiger partial charge in [-0.25, -0.2) is 8.78 Å². The van der Waals surface area contributed by atoms with Gasteiger partial charge >= 0.3 is 11.9 Å². The van der Waals surface area contributed by atoms with Gasteiger partial charge in [0.1, 0.15) is 23.4 Å². The molecule has 2 N–H and O–H groups in total. The van der Waals surface area contributed by atoms with Crippen LogP contribution in [-0.4, -0.2) is 109 Å². The highest BCUT2D eigenvalue weighted by molar-refractivity contribution is 5.94. The van der Waals surface area contributed by atoms with Crippen molar-refractivity contribution < 1.29 is 37.7 Å². The number of alkyl halides is 2. The number of H-pyrrole nitrogens is 1. The molecular formula is C41H48F2N4O6. The number of aromatic amines is 1. The number of aliphatic hydroxyl groups excluding tert-OH is 1. The number of ether oxygens (including phenoxy) is 3. The average molecular weight is 731 g/mol. The molecule has 1 saturated carbocycles. The quantitative estimate of drug-likeness (QED) is 0.284. The molecule has 1 spiro atoms. The Morgan fingerprint density at radius 2 is 1.89 bits per heavy atom. The number of aromatic nitrogens is 1. The van der Waals surface area contributed by atoms with E-state index in [0.29, 0.717) is 30.1 Å². The molecule has 0 radical (unpaired) electrons. The van der Waals surface area contributed by atoms with Gasteiger partial charge in [-0.15, -0.1) is 0 Å². The molecule has 1 aliphatic carbocycles. The van der Waals surface area contributed by atoms with Crippen molar-refractivity contribution >= 4 is 28.5 Å². The maximum absolute atomic E-state index is 15.2. The number of anilines is 1. The van der Waals surface area contributed by atoms with Crippen molar-refractivity contribution in [2.75, 3.05) is 52.3 Å². The molecule has 12 heteroatoms. The summed E-state index contributed by atoms with van der Waals surface area (Å²) in [5.74, 6) is -4.69. The third kappa shape index (κ3) is 4.76. The summed E-state index contributed by atoms with van der Waals surface area (Å²) in [6.07, 6.45) is 3.73. The lowest BCUT2D eigenvalue weighted by atomic mass is 9.58. The van der Waals surface area contributed by atoms with Crippen LogP contribution in [0.15, 0.2) is 48.6 Å². The number of methoxy groups -OCH3 is 2. The lowest BCUT2D eigenvalue weighted by Gasteiger charge is -2.54. The first-order valence-corrected chi connectivity index (χ1v) is 18.8. The highest BCUT2D eigenvalue weighted by atomic mass is 19.3. The molecule has 5 aliphatic heterocycles. The van der Waals surface area contributed by atoms with Crippen LogP contribution < -0.4 is 9.64 Å². The minimum atomic E-state index is -2.89. The molecule has 6 heterocycles. The number of nitrogens with zero attached hydrogens (tertiary/aromatic N) is 3. The fourth-order valence-electron chi connectivity index (χ4n) is 11.9. The van der Waals surface area contributed by atoms with Crippen LogP contribution in [0.5, 0.6) is 5.75 Å². The van der Waals surface area contributed by atoms with Crippen LogP contribution in [-0.2, 0) is 36.4 Å². The normalized spacial score (nSPS) is 35.8. The van der Waals surface area contributed by atoms with Gasteiger partial charge in [0.05, 0.1) is 20.3 Å². The molecule has 282 valence electrons. The molecule has 0 amide bonds. The number of benzene rings is 2. The second-order valence-corrected chi connectivity index (χ2v) is 16.5. The van der Waals surface area contributed by atoms with E-state index in [4.69, 9.17) is 14.2 Å². The summed E-state index contributed by atoms with van der Waals surface area (Å²) in [4.78, 5) is 37.7. The molecule has 6 aliphatic rings. The summed E-state index contributed by atoms with van der Waals surface area (Å²) < 4.78 is 48.3. The van der Waals surface area contributed by atoms with Crippen LogP contribution in [0.2, 0.25) is 0 Å². The number of esters is 2. The molecule has 9 rings (SSSR count). The largest absolute Gasteiger partial charge is 0.496 e. The van der Waals surface area contributed by atoms with E-state index in [1.807, 2.05) is 37.4 Å². The number of carbonyl (C=O) groups is 2. The molecular weight excluding hydrogens is 682 g/mol. The maximum atomic E-state index is 15.2. The van der Waals surface area contributed by atoms with Crippen molar-refractivity contribution in [2.24, 2.45) is 17.8 Å². The number of fused-ring (bicyclic) bond motifs is 6. The summed E-state index contributed by atoms with van der Waals surface area (Å²) in [5.41, 5.74) is 2.94. The van der Waals surface area contributed by atoms with Crippen LogP contribution in [0, 0.1) is 17.8 Å². The molecule has 2 aromatic carbocycles. The first-order chi connectivity index (χ1) is 25.3. The summed E-state index contributed by atoms with van der Waals surface area (Å²) >= 11 is 0. The van der Waals surface area contributed by atoms with E-state index >= 15 is 8.78 Å². The number of halogens is 2. The SMILES string of the molecule is COC(=O)[C@]1(c2cc3c(cc2OC)N(C)[C@H]2[C@H](O)[C@H](OC(C)=O)C4C=CCN5CC[C@]32C45)CC2CC(C(C)(F)F)CN(Cc3c1[nH]c1ccccc31)C2. The van der Waals surface area contributed by atoms with Crippen LogP contribution in [0.3, 0.4) is 0 Å². The zero-order chi connectivity index (χ0) is 37.2. The Morgan fingerprint density at radius 1 is 1.09 bits per heavy atom. The molecule has 3 aromatic rings. The van der Waals surface area contributed by atoms with Crippen molar-refractivity contribution in [3.63, 3.8) is 0 Å². The van der Waals surface area contributed by atoms with E-state index in [1.54, 1.807) is 7.11 Å². The number of hydrogen-bond acceptors (Lipinski definition) is 9. The summed E-state index contributed by atoms with van der Waals surface area (Å²) in [6.45, 7) is 5.16. The van der Waals surface area contributed by atoms with Gasteiger partial charge in [-0.3, -0.25) is 19.4 Å². The van der Waals surface area contributed by atoms with Gasteiger partial charge in [-0.2, -0.15) is 0 Å². The zero-order valence-corrected chi connectivity index (χ0v) is 30.9. The molecule has 2 bridgehead atoms. The highest BCUT2D eigenvalue weighted by Gasteiger charge is 2.69. The highest BCUT2D eigenvalue weighted by Crippen LogP contribution is 2.62. The molecule has 53 heavy (non-hydrogen) atoms. The summed E-state index contributed by atoms with van der Waals surface area (Å²) in [5, 5.41) is 13.2. The Bertz CT molecular complexity index is 2030. The van der Waals surface area contributed by atoms with Gasteiger partial charge < -0.3 is 29.2 Å². The van der Waals surface area contributed by atoms with E-state index in [2.05, 4.69) is 37.9 Å². The molecule has 3 fully saturated rings. The van der Waals surface area contributed by atoms with Crippen LogP contribution in [0.25, 0.3) is 10.9 Å². The Labute approximate surface area is 308 Å². The van der Waals surface area contributed by atoms with Gasteiger partial charge in [0.15, 0.2) is 0 Å². The number of para-hydroxylation sites is 1. The topological polar surface area (TPSA) is 108 Å². The number of hydrogen-bond donors (Lipinski definition) is 2. The number of aliphatic hydroxyl groups is 1. The van der Waals surface area contributed by atoms with Gasteiger partial charge in [-0.1, -0.05) is 30.4 Å². The molecule has 2 saturated heterocycles. The Hall–Kier alpha value is -4.00. The van der Waals surface area contributed by atoms with Gasteiger partial charge in [-0.05, 0) is 61.9 Å². The van der Waals surface area contributed by atoms with Crippen molar-refractivity contribution in [1.29, 1.82) is 0 Å². The lowest BCUT2D eigenvalue weighted by Crippen LogP contribution is -2.69. The fraction of sp³-hybridized carbons (Fsp3) is 0.561. The number of nitrogens with one attached hydrogen (secondary N) is 1. The summed E-state index contributed by atoms with van der Waals surface area (Å²) in [7, 11) is 4.95. The number of carbonyl (C=O) groups excluding carboxylic acids is 2. The van der Waals surface area contributed by atoms with Gasteiger partial charge in [0.25, 0.3) is 0 Å². The average Bonchev–Trinajstić information content (AvgIpc) is 3.77. The van der Waals surface area contributed by atoms with Crippen molar-refractivity contribution in [2.45, 2.75) is 80.7 Å². The van der Waals surface area contributed by atoms with E-state index < -0.39 is 52.9 Å². The third-order valence-electron chi connectivity index (χ3n) is 13.8. The predicted octanol–water partition coefficient (Wildman–Crippen LogP) is 4.76. The third-order valence-corrected chi connectivity index (χ3v) is 13.8. The second kappa shape index (κ2) is 12.0. The second-order valence-electron chi connectivity index (χ2n) is 16.5. The van der Waals surface area contributed by atoms with Crippen molar-refractivity contribution in [3.8, 4) is 5.75 Å². The van der Waals surface area contributed by atoms with Crippen LogP contribution in [0.1, 0.15) is 55.5 Å². The standard InChI is InChI=1S/C41H48F2N4O6/c1-22(48)53-34-26-10-8-13-47-14-12-40(36(26)47)28-16-29(32(51-4)17-31(28)45(3)37(40)33(34)49)41(38(50)52-5)18-23-15-24(39(2,42)43)20-46(19-23)21-27-25-9-6-7-11-30(25)44-35(27)41/h6-11,16-17,23-24,26,33-34,36-37,44,49H,12-15,18-21H2,1-5H3/t23?,24?,26?,33-,34-,36?,37+,40-,41+/m1/s1. The number of likely N-dealkylation sites (N-methyl/N-ethyl adjacent to an activating group) is 1. The van der Waals surface area contributed by atoms with E-state index in [0.717, 1.165) is 54.2 Å². The van der Waals surface area contributed by atoms with Crippen LogP contribution in [0.4, 0.5) is 14.5 Å². The minimum absolute atomic E-state index is 0.0790. The fourth-order valence-corrected chi connectivity index (χ4v) is 11.9. The smallest absolute Gasteiger partial charge is 0.322 e. The van der Waals surface area contributed by atoms with Gasteiger partial charge in [0.2, 0.25) is 5.92 Å². The van der Waals surface area contributed by atoms with Crippen molar-refractivity contribution in [1.82, 2.24) is 14.8 Å². The molecule has 10 atom stereocenters. The van der Waals surface area contributed by atoms with E-state index in [9.17, 15) is 14.7 Å². The minimum Gasteiger partial charge on any atom is -0.496 e. The lowest BCUT2D eigenvalue weighted by molar-refractivity contribution is -0.166. The molecule has 10 nitrogen and oxygen atoms in total. The molecule has 1 aromatic heterocycles. The Morgan fingerprint density at radius 3 is 2.62 bits per heavy atom. The number of piperidine rings is 1. The first-order valence-electron chi connectivity index (χ1n) is 18.8. The van der Waals surface area contributed by atoms with Crippen LogP contribution >= 0.6 is 0 Å². The monoisotopic (exact) mass is 730 g/mol.